The number of nitrogens with zero attached hydrogens (tertiary/aromatic N) is 3. The molecule has 7 nitrogen and oxygen atoms in total. The van der Waals surface area contributed by atoms with Gasteiger partial charge >= 0.3 is 5.69 Å². The Kier molecular flexibility index (Phi) is 5.70. The Bertz CT molecular complexity index is 1170. The van der Waals surface area contributed by atoms with Crippen LogP contribution in [-0.2, 0) is 24.3 Å². The van der Waals surface area contributed by atoms with Crippen molar-refractivity contribution in [3.8, 4) is 0 Å². The first-order valence-corrected chi connectivity index (χ1v) is 10.7. The second kappa shape index (κ2) is 8.42. The Balaban J connectivity index is 1.45. The Morgan fingerprint density at radius 1 is 1.20 bits per heavy atom. The standard InChI is InChI=1S/C23H28N4O3/c1-3-26-14-24-21-20(26)22(29)25-23(30)27(21)13-18-8-4-16(5-9-18)10-11-19(28)15(2)12-17-6-7-17/h4-5,8-9,14-15,17H,3,6-7,10-13H2,1-2H3,(H,25,29,30)/t15-/m0/s1. The van der Waals surface area contributed by atoms with Gasteiger partial charge in [0.2, 0.25) is 0 Å². The molecule has 1 N–H and O–H groups in total. The van der Waals surface area contributed by atoms with Gasteiger partial charge in [-0.3, -0.25) is 19.1 Å². The molecule has 158 valence electrons. The third kappa shape index (κ3) is 4.30. The molecule has 1 fully saturated rings. The van der Waals surface area contributed by atoms with Gasteiger partial charge in [-0.05, 0) is 36.8 Å². The molecule has 1 aliphatic rings. The van der Waals surface area contributed by atoms with Gasteiger partial charge in [0.15, 0.2) is 11.2 Å². The molecule has 3 aromatic rings. The van der Waals surface area contributed by atoms with E-state index in [-0.39, 0.29) is 5.92 Å². The van der Waals surface area contributed by atoms with Crippen molar-refractivity contribution in [1.29, 1.82) is 0 Å². The predicted molar refractivity (Wildman–Crippen MR) is 116 cm³/mol. The van der Waals surface area contributed by atoms with Crippen LogP contribution in [0.2, 0.25) is 0 Å². The van der Waals surface area contributed by atoms with Crippen molar-refractivity contribution >= 4 is 16.9 Å². The Morgan fingerprint density at radius 3 is 2.57 bits per heavy atom. The number of benzene rings is 1. The predicted octanol–water partition coefficient (Wildman–Crippen LogP) is 2.89. The van der Waals surface area contributed by atoms with Crippen LogP contribution in [0.5, 0.6) is 0 Å². The Labute approximate surface area is 174 Å². The highest BCUT2D eigenvalue weighted by Gasteiger charge is 2.26. The molecular weight excluding hydrogens is 380 g/mol. The lowest BCUT2D eigenvalue weighted by Gasteiger charge is -2.10. The van der Waals surface area contributed by atoms with E-state index in [0.29, 0.717) is 36.5 Å². The minimum Gasteiger partial charge on any atom is -0.325 e. The number of hydrogen-bond donors (Lipinski definition) is 1. The fraction of sp³-hybridized carbons (Fsp3) is 0.478. The number of H-pyrrole nitrogens is 1. The van der Waals surface area contributed by atoms with E-state index in [1.54, 1.807) is 10.9 Å². The first-order chi connectivity index (χ1) is 14.5. The van der Waals surface area contributed by atoms with Gasteiger partial charge < -0.3 is 4.57 Å². The summed E-state index contributed by atoms with van der Waals surface area (Å²) in [5.41, 5.74) is 1.97. The number of hydrogen-bond acceptors (Lipinski definition) is 4. The van der Waals surface area contributed by atoms with Crippen molar-refractivity contribution in [3.05, 3.63) is 62.6 Å². The summed E-state index contributed by atoms with van der Waals surface area (Å²) in [4.78, 5) is 43.5. The van der Waals surface area contributed by atoms with Gasteiger partial charge in [0.25, 0.3) is 5.56 Å². The normalized spacial score (nSPS) is 14.9. The highest BCUT2D eigenvalue weighted by Crippen LogP contribution is 2.35. The summed E-state index contributed by atoms with van der Waals surface area (Å²) in [6.07, 6.45) is 6.48. The Morgan fingerprint density at radius 2 is 1.90 bits per heavy atom. The first kappa shape index (κ1) is 20.3. The maximum Gasteiger partial charge on any atom is 0.330 e. The second-order valence-corrected chi connectivity index (χ2v) is 8.41. The third-order valence-electron chi connectivity index (χ3n) is 6.05. The fourth-order valence-corrected chi connectivity index (χ4v) is 4.00. The monoisotopic (exact) mass is 408 g/mol. The van der Waals surface area contributed by atoms with Crippen LogP contribution in [0.3, 0.4) is 0 Å². The van der Waals surface area contributed by atoms with Crippen molar-refractivity contribution in [1.82, 2.24) is 19.1 Å². The molecule has 0 unspecified atom stereocenters. The van der Waals surface area contributed by atoms with E-state index in [4.69, 9.17) is 0 Å². The SMILES string of the molecule is CCn1cnc2c1c(=O)[nH]c(=O)n2Cc1ccc(CCC(=O)[C@@H](C)CC2CC2)cc1. The maximum atomic E-state index is 12.4. The maximum absolute atomic E-state index is 12.4. The zero-order valence-electron chi connectivity index (χ0n) is 17.6. The van der Waals surface area contributed by atoms with E-state index >= 15 is 0 Å². The van der Waals surface area contributed by atoms with Gasteiger partial charge in [0.05, 0.1) is 12.9 Å². The number of nitrogens with one attached hydrogen (secondary N) is 1. The quantitative estimate of drug-likeness (QED) is 0.589. The molecular formula is C23H28N4O3. The number of carbonyl (C=O) groups is 1. The zero-order chi connectivity index (χ0) is 21.3. The summed E-state index contributed by atoms with van der Waals surface area (Å²) in [6.45, 7) is 4.90. The minimum absolute atomic E-state index is 0.161. The smallest absolute Gasteiger partial charge is 0.325 e. The van der Waals surface area contributed by atoms with Crippen LogP contribution in [0.1, 0.15) is 50.7 Å². The van der Waals surface area contributed by atoms with E-state index in [9.17, 15) is 14.4 Å². The van der Waals surface area contributed by atoms with E-state index < -0.39 is 11.2 Å². The molecule has 0 aliphatic heterocycles. The molecule has 0 amide bonds. The van der Waals surface area contributed by atoms with Crippen LogP contribution in [0, 0.1) is 11.8 Å². The lowest BCUT2D eigenvalue weighted by atomic mass is 9.95. The van der Waals surface area contributed by atoms with Crippen molar-refractivity contribution < 1.29 is 4.79 Å². The number of fused-ring (bicyclic) bond motifs is 1. The van der Waals surface area contributed by atoms with Crippen molar-refractivity contribution in [2.24, 2.45) is 11.8 Å². The third-order valence-corrected chi connectivity index (χ3v) is 6.05. The summed E-state index contributed by atoms with van der Waals surface area (Å²) in [5, 5.41) is 0. The van der Waals surface area contributed by atoms with Crippen LogP contribution in [-0.4, -0.2) is 24.9 Å². The molecule has 30 heavy (non-hydrogen) atoms. The van der Waals surface area contributed by atoms with Crippen LogP contribution < -0.4 is 11.2 Å². The largest absolute Gasteiger partial charge is 0.330 e. The van der Waals surface area contributed by atoms with Crippen molar-refractivity contribution in [2.45, 2.75) is 59.0 Å². The summed E-state index contributed by atoms with van der Waals surface area (Å²) in [5.74, 6) is 1.28. The molecule has 0 radical (unpaired) electrons. The van der Waals surface area contributed by atoms with Crippen LogP contribution in [0.4, 0.5) is 0 Å². The molecule has 1 aromatic carbocycles. The Hall–Kier alpha value is -2.96. The number of rotatable bonds is 9. The fourth-order valence-electron chi connectivity index (χ4n) is 4.00. The minimum atomic E-state index is -0.465. The zero-order valence-corrected chi connectivity index (χ0v) is 17.6. The molecule has 1 saturated carbocycles. The molecule has 2 heterocycles. The number of imidazole rings is 1. The van der Waals surface area contributed by atoms with E-state index in [1.165, 1.54) is 17.4 Å². The molecule has 1 aliphatic carbocycles. The summed E-state index contributed by atoms with van der Waals surface area (Å²) >= 11 is 0. The van der Waals surface area contributed by atoms with E-state index in [2.05, 4.69) is 9.97 Å². The van der Waals surface area contributed by atoms with Crippen molar-refractivity contribution in [3.63, 3.8) is 0 Å². The van der Waals surface area contributed by atoms with Crippen LogP contribution in [0.15, 0.2) is 40.2 Å². The number of aromatic amines is 1. The molecule has 0 bridgehead atoms. The topological polar surface area (TPSA) is 89.8 Å². The van der Waals surface area contributed by atoms with Gasteiger partial charge in [-0.25, -0.2) is 9.78 Å². The lowest BCUT2D eigenvalue weighted by Crippen LogP contribution is -2.31. The lowest BCUT2D eigenvalue weighted by molar-refractivity contribution is -0.122. The van der Waals surface area contributed by atoms with Crippen LogP contribution >= 0.6 is 0 Å². The average Bonchev–Trinajstić information content (AvgIpc) is 3.44. The van der Waals surface area contributed by atoms with Crippen LogP contribution in [0.25, 0.3) is 11.2 Å². The molecule has 1 atom stereocenters. The molecule has 2 aromatic heterocycles. The number of aryl methyl sites for hydroxylation is 2. The highest BCUT2D eigenvalue weighted by atomic mass is 16.2. The average molecular weight is 409 g/mol. The van der Waals surface area contributed by atoms with Gasteiger partial charge in [-0.2, -0.15) is 0 Å². The summed E-state index contributed by atoms with van der Waals surface area (Å²) < 4.78 is 3.22. The molecule has 7 heteroatoms. The first-order valence-electron chi connectivity index (χ1n) is 10.7. The van der Waals surface area contributed by atoms with Crippen molar-refractivity contribution in [2.75, 3.05) is 0 Å². The van der Waals surface area contributed by atoms with Gasteiger partial charge in [0, 0.05) is 18.9 Å². The summed E-state index contributed by atoms with van der Waals surface area (Å²) in [7, 11) is 0. The molecule has 4 rings (SSSR count). The molecule has 0 saturated heterocycles. The van der Waals surface area contributed by atoms with Gasteiger partial charge in [-0.1, -0.05) is 44.0 Å². The number of Topliss-reactive ketones (excluding diaryl/α,β-unsaturated/α-hetero) is 1. The van der Waals surface area contributed by atoms with E-state index in [0.717, 1.165) is 29.9 Å². The summed E-state index contributed by atoms with van der Waals surface area (Å²) in [6, 6.07) is 7.95. The number of carbonyl (C=O) groups excluding carboxylic acids is 1. The molecule has 0 spiro atoms. The van der Waals surface area contributed by atoms with Gasteiger partial charge in [-0.15, -0.1) is 0 Å². The number of ketones is 1. The van der Waals surface area contributed by atoms with Gasteiger partial charge in [0.1, 0.15) is 5.78 Å². The highest BCUT2D eigenvalue weighted by molar-refractivity contribution is 5.80. The number of aromatic nitrogens is 4. The second-order valence-electron chi connectivity index (χ2n) is 8.41. The van der Waals surface area contributed by atoms with E-state index in [1.807, 2.05) is 38.1 Å².